The van der Waals surface area contributed by atoms with Gasteiger partial charge in [-0.2, -0.15) is 0 Å². The van der Waals surface area contributed by atoms with Gasteiger partial charge in [-0.15, -0.1) is 10.2 Å². The predicted molar refractivity (Wildman–Crippen MR) is 121 cm³/mol. The van der Waals surface area contributed by atoms with Crippen LogP contribution in [0.5, 0.6) is 5.75 Å². The number of amides is 1. The van der Waals surface area contributed by atoms with Gasteiger partial charge in [-0.1, -0.05) is 11.6 Å². The molecule has 2 aliphatic heterocycles. The number of rotatable bonds is 6. The van der Waals surface area contributed by atoms with Gasteiger partial charge in [0.15, 0.2) is 5.65 Å². The van der Waals surface area contributed by atoms with Crippen molar-refractivity contribution in [1.29, 1.82) is 0 Å². The summed E-state index contributed by atoms with van der Waals surface area (Å²) in [7, 11) is 1.78. The third-order valence-electron chi connectivity index (χ3n) is 7.29. The van der Waals surface area contributed by atoms with Gasteiger partial charge in [0, 0.05) is 37.3 Å². The van der Waals surface area contributed by atoms with Crippen LogP contribution in [0.2, 0.25) is 5.02 Å². The number of aryl methyl sites for hydroxylation is 1. The number of carbonyl (C=O) groups is 1. The van der Waals surface area contributed by atoms with Crippen LogP contribution in [-0.4, -0.2) is 63.1 Å². The number of ether oxygens (including phenoxy) is 1. The van der Waals surface area contributed by atoms with E-state index in [1.165, 1.54) is 12.5 Å². The van der Waals surface area contributed by atoms with Gasteiger partial charge in [0.2, 0.25) is 0 Å². The highest BCUT2D eigenvalue weighted by Crippen LogP contribution is 2.50. The summed E-state index contributed by atoms with van der Waals surface area (Å²) in [5, 5.41) is 8.30. The molecular weight excluding hydrogens is 445 g/mol. The van der Waals surface area contributed by atoms with Crippen LogP contribution in [-0.2, 0) is 13.0 Å². The first-order valence-electron chi connectivity index (χ1n) is 11.3. The molecule has 172 valence electrons. The fourth-order valence-electron chi connectivity index (χ4n) is 5.66. The zero-order chi connectivity index (χ0) is 22.7. The summed E-state index contributed by atoms with van der Waals surface area (Å²) in [6.07, 6.45) is 6.81. The largest absolute Gasteiger partial charge is 0.490 e. The van der Waals surface area contributed by atoms with E-state index in [4.69, 9.17) is 16.3 Å². The van der Waals surface area contributed by atoms with E-state index in [9.17, 15) is 9.18 Å². The van der Waals surface area contributed by atoms with E-state index in [0.717, 1.165) is 50.2 Å². The minimum atomic E-state index is -0.206. The van der Waals surface area contributed by atoms with Gasteiger partial charge in [0.1, 0.15) is 17.9 Å². The molecule has 33 heavy (non-hydrogen) atoms. The van der Waals surface area contributed by atoms with Crippen molar-refractivity contribution in [3.63, 3.8) is 0 Å². The lowest BCUT2D eigenvalue weighted by molar-refractivity contribution is -0.119. The van der Waals surface area contributed by atoms with Crippen LogP contribution in [0.3, 0.4) is 0 Å². The van der Waals surface area contributed by atoms with Crippen molar-refractivity contribution in [2.24, 2.45) is 5.41 Å². The molecule has 2 aromatic heterocycles. The molecule has 4 heterocycles. The van der Waals surface area contributed by atoms with Gasteiger partial charge >= 0.3 is 0 Å². The number of benzene rings is 1. The normalized spacial score (nSPS) is 19.7. The molecule has 2 fully saturated rings. The maximum Gasteiger partial charge on any atom is 0.255 e. The Morgan fingerprint density at radius 2 is 2.12 bits per heavy atom. The molecular formula is C24H25ClFN5O2. The maximum absolute atomic E-state index is 14.2. The monoisotopic (exact) mass is 469 g/mol. The number of hydrogen-bond donors (Lipinski definition) is 0. The molecule has 1 saturated carbocycles. The Kier molecular flexibility index (Phi) is 4.85. The van der Waals surface area contributed by atoms with Crippen LogP contribution in [0, 0.1) is 11.2 Å². The molecule has 1 aliphatic carbocycles. The number of nitrogens with zero attached hydrogens (tertiary/aromatic N) is 5. The van der Waals surface area contributed by atoms with Gasteiger partial charge in [0.25, 0.3) is 5.91 Å². The molecule has 0 N–H and O–H groups in total. The Morgan fingerprint density at radius 1 is 1.30 bits per heavy atom. The molecule has 0 bridgehead atoms. The molecule has 1 spiro atoms. The lowest BCUT2D eigenvalue weighted by Crippen LogP contribution is -2.64. The van der Waals surface area contributed by atoms with E-state index in [1.807, 2.05) is 6.07 Å². The van der Waals surface area contributed by atoms with Crippen molar-refractivity contribution in [3.8, 4) is 5.75 Å². The fourth-order valence-corrected chi connectivity index (χ4v) is 5.91. The zero-order valence-corrected chi connectivity index (χ0v) is 19.2. The van der Waals surface area contributed by atoms with E-state index in [-0.39, 0.29) is 17.8 Å². The summed E-state index contributed by atoms with van der Waals surface area (Å²) in [5.41, 5.74) is 3.21. The summed E-state index contributed by atoms with van der Waals surface area (Å²) < 4.78 is 22.1. The Bertz CT molecular complexity index is 1250. The van der Waals surface area contributed by atoms with Gasteiger partial charge in [-0.25, -0.2) is 4.39 Å². The van der Waals surface area contributed by atoms with Gasteiger partial charge < -0.3 is 14.5 Å². The SMILES string of the molecule is CN1Cc2c(OC3CC4(C3)CN(CCCc3cc5nncn5cc3F)C4)ccc(Cl)c2C1=O. The molecule has 9 heteroatoms. The second-order valence-corrected chi connectivity index (χ2v) is 10.2. The maximum atomic E-state index is 14.2. The molecule has 6 rings (SSSR count). The molecule has 3 aromatic rings. The fraction of sp³-hybridized carbons (Fsp3) is 0.458. The third-order valence-corrected chi connectivity index (χ3v) is 7.61. The Labute approximate surface area is 196 Å². The average Bonchev–Trinajstić information content (AvgIpc) is 3.30. The first-order valence-corrected chi connectivity index (χ1v) is 11.7. The van der Waals surface area contributed by atoms with Crippen LogP contribution in [0.25, 0.3) is 5.65 Å². The summed E-state index contributed by atoms with van der Waals surface area (Å²) in [6, 6.07) is 5.43. The molecule has 3 aliphatic rings. The Balaban J connectivity index is 0.986. The highest BCUT2D eigenvalue weighted by Gasteiger charge is 2.53. The lowest BCUT2D eigenvalue weighted by atomic mass is 9.61. The van der Waals surface area contributed by atoms with Crippen LogP contribution in [0.15, 0.2) is 30.7 Å². The van der Waals surface area contributed by atoms with E-state index >= 15 is 0 Å². The van der Waals surface area contributed by atoms with E-state index in [2.05, 4.69) is 15.1 Å². The quantitative estimate of drug-likeness (QED) is 0.552. The second-order valence-electron chi connectivity index (χ2n) is 9.77. The summed E-state index contributed by atoms with van der Waals surface area (Å²) in [5.74, 6) is 0.541. The number of hydrogen-bond acceptors (Lipinski definition) is 5. The van der Waals surface area contributed by atoms with Crippen molar-refractivity contribution < 1.29 is 13.9 Å². The first kappa shape index (κ1) is 20.9. The summed E-state index contributed by atoms with van der Waals surface area (Å²) in [4.78, 5) is 16.4. The minimum absolute atomic E-state index is 0.0404. The molecule has 0 unspecified atom stereocenters. The van der Waals surface area contributed by atoms with Crippen LogP contribution < -0.4 is 4.74 Å². The van der Waals surface area contributed by atoms with Gasteiger partial charge in [0.05, 0.1) is 23.2 Å². The van der Waals surface area contributed by atoms with Crippen molar-refractivity contribution in [2.75, 3.05) is 26.7 Å². The minimum Gasteiger partial charge on any atom is -0.490 e. The Morgan fingerprint density at radius 3 is 2.94 bits per heavy atom. The predicted octanol–water partition coefficient (Wildman–Crippen LogP) is 3.58. The molecule has 0 radical (unpaired) electrons. The van der Waals surface area contributed by atoms with Crippen molar-refractivity contribution in [3.05, 3.63) is 58.3 Å². The highest BCUT2D eigenvalue weighted by atomic mass is 35.5. The number of fused-ring (bicyclic) bond motifs is 2. The molecule has 1 aromatic carbocycles. The second kappa shape index (κ2) is 7.67. The van der Waals surface area contributed by atoms with Crippen LogP contribution in [0.1, 0.15) is 40.7 Å². The van der Waals surface area contributed by atoms with Crippen LogP contribution >= 0.6 is 11.6 Å². The van der Waals surface area contributed by atoms with Crippen LogP contribution in [0.4, 0.5) is 4.39 Å². The smallest absolute Gasteiger partial charge is 0.255 e. The van der Waals surface area contributed by atoms with Crippen molar-refractivity contribution in [1.82, 2.24) is 24.4 Å². The van der Waals surface area contributed by atoms with E-state index in [0.29, 0.717) is 40.2 Å². The van der Waals surface area contributed by atoms with Crippen molar-refractivity contribution >= 4 is 23.2 Å². The van der Waals surface area contributed by atoms with E-state index < -0.39 is 0 Å². The first-order chi connectivity index (χ1) is 15.9. The third kappa shape index (κ3) is 3.56. The standard InChI is InChI=1S/C24H25ClFN5O2/c1-29-10-17-20(5-4-18(25)22(17)23(29)32)33-16-8-24(9-16)12-30(13-24)6-2-3-15-7-21-28-27-14-31(21)11-19(15)26/h4-5,7,11,14,16H,2-3,6,8-10,12-13H2,1H3. The molecule has 1 saturated heterocycles. The molecule has 0 atom stereocenters. The van der Waals surface area contributed by atoms with Gasteiger partial charge in [-0.3, -0.25) is 9.20 Å². The lowest BCUT2D eigenvalue weighted by Gasteiger charge is -2.58. The molecule has 7 nitrogen and oxygen atoms in total. The molecule has 1 amide bonds. The number of halogens is 2. The summed E-state index contributed by atoms with van der Waals surface area (Å²) in [6.45, 7) is 3.64. The van der Waals surface area contributed by atoms with Crippen molar-refractivity contribution in [2.45, 2.75) is 38.3 Å². The highest BCUT2D eigenvalue weighted by molar-refractivity contribution is 6.34. The summed E-state index contributed by atoms with van der Waals surface area (Å²) >= 11 is 6.25. The number of aromatic nitrogens is 3. The number of likely N-dealkylation sites (tertiary alicyclic amines) is 1. The number of carbonyl (C=O) groups excluding carboxylic acids is 1. The van der Waals surface area contributed by atoms with E-state index in [1.54, 1.807) is 28.5 Å². The average molecular weight is 470 g/mol. The zero-order valence-electron chi connectivity index (χ0n) is 18.4. The number of pyridine rings is 1. The Hall–Kier alpha value is -2.71. The topological polar surface area (TPSA) is 63.0 Å². The van der Waals surface area contributed by atoms with Gasteiger partial charge in [-0.05, 0) is 56.0 Å².